The molecule has 0 bridgehead atoms. The second-order valence-electron chi connectivity index (χ2n) is 6.58. The minimum Gasteiger partial charge on any atom is -0.351 e. The van der Waals surface area contributed by atoms with E-state index in [4.69, 9.17) is 16.1 Å². The lowest BCUT2D eigenvalue weighted by atomic mass is 9.93. The minimum atomic E-state index is -0.242. The molecule has 0 unspecified atom stereocenters. The van der Waals surface area contributed by atoms with Gasteiger partial charge in [-0.2, -0.15) is 5.10 Å². The summed E-state index contributed by atoms with van der Waals surface area (Å²) in [6.45, 7) is 2.48. The molecule has 2 aromatic heterocycles. The van der Waals surface area contributed by atoms with E-state index in [-0.39, 0.29) is 17.7 Å². The van der Waals surface area contributed by atoms with Crippen molar-refractivity contribution in [3.8, 4) is 0 Å². The SMILES string of the molecule is Cc1cc(C(=O)N[C@H]2CCCc3c2cnn3Cc2ccc(Cl)cc2)on1. The largest absolute Gasteiger partial charge is 0.351 e. The summed E-state index contributed by atoms with van der Waals surface area (Å²) in [5.41, 5.74) is 4.08. The number of nitrogens with one attached hydrogen (secondary N) is 1. The second kappa shape index (κ2) is 6.96. The normalized spacial score (nSPS) is 16.3. The number of carbonyl (C=O) groups excluding carboxylic acids is 1. The number of hydrogen-bond acceptors (Lipinski definition) is 4. The Balaban J connectivity index is 1.52. The van der Waals surface area contributed by atoms with Gasteiger partial charge in [0.15, 0.2) is 0 Å². The number of amides is 1. The molecular weight excluding hydrogens is 352 g/mol. The van der Waals surface area contributed by atoms with E-state index in [1.807, 2.05) is 35.1 Å². The summed E-state index contributed by atoms with van der Waals surface area (Å²) >= 11 is 5.95. The molecule has 1 atom stereocenters. The number of aromatic nitrogens is 3. The van der Waals surface area contributed by atoms with Gasteiger partial charge < -0.3 is 9.84 Å². The van der Waals surface area contributed by atoms with Crippen molar-refractivity contribution in [2.24, 2.45) is 0 Å². The number of aryl methyl sites for hydroxylation is 1. The number of halogens is 1. The highest BCUT2D eigenvalue weighted by Gasteiger charge is 2.27. The Morgan fingerprint density at radius 3 is 2.92 bits per heavy atom. The first kappa shape index (κ1) is 16.8. The fraction of sp³-hybridized carbons (Fsp3) is 0.316. The van der Waals surface area contributed by atoms with Gasteiger partial charge in [-0.3, -0.25) is 9.48 Å². The van der Waals surface area contributed by atoms with E-state index in [1.54, 1.807) is 13.0 Å². The molecule has 0 saturated heterocycles. The number of benzene rings is 1. The first-order valence-corrected chi connectivity index (χ1v) is 9.01. The summed E-state index contributed by atoms with van der Waals surface area (Å²) in [4.78, 5) is 12.4. The molecule has 26 heavy (non-hydrogen) atoms. The maximum atomic E-state index is 12.4. The highest BCUT2D eigenvalue weighted by atomic mass is 35.5. The third kappa shape index (κ3) is 3.37. The maximum Gasteiger partial charge on any atom is 0.290 e. The standard InChI is InChI=1S/C19H19ClN4O2/c1-12-9-18(26-23-12)19(25)22-16-3-2-4-17-15(16)10-21-24(17)11-13-5-7-14(20)8-6-13/h5-10,16H,2-4,11H2,1H3,(H,22,25)/t16-/m0/s1. The minimum absolute atomic E-state index is 0.0596. The average molecular weight is 371 g/mol. The molecule has 0 aliphatic heterocycles. The van der Waals surface area contributed by atoms with E-state index in [2.05, 4.69) is 15.6 Å². The van der Waals surface area contributed by atoms with Crippen molar-refractivity contribution in [3.63, 3.8) is 0 Å². The van der Waals surface area contributed by atoms with Crippen LogP contribution in [0.3, 0.4) is 0 Å². The molecule has 1 aliphatic carbocycles. The molecule has 2 heterocycles. The Kier molecular flexibility index (Phi) is 4.51. The zero-order valence-corrected chi connectivity index (χ0v) is 15.2. The Hall–Kier alpha value is -2.60. The molecule has 0 spiro atoms. The van der Waals surface area contributed by atoms with Crippen molar-refractivity contribution < 1.29 is 9.32 Å². The first-order chi connectivity index (χ1) is 12.6. The zero-order chi connectivity index (χ0) is 18.1. The first-order valence-electron chi connectivity index (χ1n) is 8.63. The molecule has 3 aromatic rings. The van der Waals surface area contributed by atoms with Crippen molar-refractivity contribution >= 4 is 17.5 Å². The fourth-order valence-corrected chi connectivity index (χ4v) is 3.49. The molecular formula is C19H19ClN4O2. The van der Waals surface area contributed by atoms with Crippen LogP contribution in [0.25, 0.3) is 0 Å². The summed E-state index contributed by atoms with van der Waals surface area (Å²) in [6.07, 6.45) is 4.70. The summed E-state index contributed by atoms with van der Waals surface area (Å²) in [5, 5.41) is 12.1. The van der Waals surface area contributed by atoms with Gasteiger partial charge >= 0.3 is 0 Å². The predicted molar refractivity (Wildman–Crippen MR) is 97.2 cm³/mol. The summed E-state index contributed by atoms with van der Waals surface area (Å²) in [5.74, 6) is -0.00270. The molecule has 4 rings (SSSR count). The summed E-state index contributed by atoms with van der Waals surface area (Å²) in [6, 6.07) is 9.36. The third-order valence-corrected chi connectivity index (χ3v) is 4.92. The van der Waals surface area contributed by atoms with Gasteiger partial charge in [-0.25, -0.2) is 0 Å². The molecule has 1 aromatic carbocycles. The Bertz CT molecular complexity index is 929. The van der Waals surface area contributed by atoms with Crippen LogP contribution in [0.4, 0.5) is 0 Å². The average Bonchev–Trinajstić information content (AvgIpc) is 3.24. The van der Waals surface area contributed by atoms with Gasteiger partial charge in [0, 0.05) is 22.3 Å². The Morgan fingerprint density at radius 1 is 1.38 bits per heavy atom. The van der Waals surface area contributed by atoms with Crippen LogP contribution in [-0.4, -0.2) is 20.8 Å². The molecule has 1 N–H and O–H groups in total. The number of hydrogen-bond donors (Lipinski definition) is 1. The van der Waals surface area contributed by atoms with Gasteiger partial charge in [-0.1, -0.05) is 28.9 Å². The van der Waals surface area contributed by atoms with Crippen molar-refractivity contribution in [3.05, 3.63) is 69.8 Å². The Morgan fingerprint density at radius 2 is 2.19 bits per heavy atom. The third-order valence-electron chi connectivity index (χ3n) is 4.67. The second-order valence-corrected chi connectivity index (χ2v) is 7.02. The molecule has 7 heteroatoms. The summed E-state index contributed by atoms with van der Waals surface area (Å²) in [7, 11) is 0. The van der Waals surface area contributed by atoms with Crippen molar-refractivity contribution in [1.29, 1.82) is 0 Å². The van der Waals surface area contributed by atoms with Crippen LogP contribution in [0.2, 0.25) is 5.02 Å². The quantitative estimate of drug-likeness (QED) is 0.760. The monoisotopic (exact) mass is 370 g/mol. The van der Waals surface area contributed by atoms with E-state index in [0.717, 1.165) is 35.4 Å². The highest BCUT2D eigenvalue weighted by Crippen LogP contribution is 2.30. The van der Waals surface area contributed by atoms with Crippen molar-refractivity contribution in [2.75, 3.05) is 0 Å². The molecule has 134 valence electrons. The Labute approximate surface area is 156 Å². The lowest BCUT2D eigenvalue weighted by Crippen LogP contribution is -2.30. The smallest absolute Gasteiger partial charge is 0.290 e. The zero-order valence-electron chi connectivity index (χ0n) is 14.4. The fourth-order valence-electron chi connectivity index (χ4n) is 3.37. The van der Waals surface area contributed by atoms with Gasteiger partial charge in [0.05, 0.1) is 24.5 Å². The van der Waals surface area contributed by atoms with Gasteiger partial charge in [0.2, 0.25) is 5.76 Å². The molecule has 1 amide bonds. The van der Waals surface area contributed by atoms with Crippen LogP contribution in [0.1, 0.15) is 52.0 Å². The molecule has 0 saturated carbocycles. The van der Waals surface area contributed by atoms with Crippen LogP contribution < -0.4 is 5.32 Å². The molecule has 1 aliphatic rings. The van der Waals surface area contributed by atoms with E-state index in [9.17, 15) is 4.79 Å². The molecule has 6 nitrogen and oxygen atoms in total. The molecule has 0 radical (unpaired) electrons. The topological polar surface area (TPSA) is 73.0 Å². The van der Waals surface area contributed by atoms with Crippen LogP contribution in [0.15, 0.2) is 41.1 Å². The number of rotatable bonds is 4. The van der Waals surface area contributed by atoms with Crippen molar-refractivity contribution in [1.82, 2.24) is 20.3 Å². The van der Waals surface area contributed by atoms with E-state index in [0.29, 0.717) is 12.2 Å². The van der Waals surface area contributed by atoms with Gasteiger partial charge in [0.1, 0.15) is 0 Å². The number of nitrogens with zero attached hydrogens (tertiary/aromatic N) is 3. The van der Waals surface area contributed by atoms with Crippen LogP contribution >= 0.6 is 11.6 Å². The van der Waals surface area contributed by atoms with E-state index in [1.165, 1.54) is 5.69 Å². The lowest BCUT2D eigenvalue weighted by molar-refractivity contribution is 0.0895. The van der Waals surface area contributed by atoms with Gasteiger partial charge in [-0.15, -0.1) is 0 Å². The van der Waals surface area contributed by atoms with Crippen LogP contribution in [0, 0.1) is 6.92 Å². The van der Waals surface area contributed by atoms with Crippen LogP contribution in [-0.2, 0) is 13.0 Å². The highest BCUT2D eigenvalue weighted by molar-refractivity contribution is 6.30. The lowest BCUT2D eigenvalue weighted by Gasteiger charge is -2.23. The van der Waals surface area contributed by atoms with E-state index >= 15 is 0 Å². The number of fused-ring (bicyclic) bond motifs is 1. The van der Waals surface area contributed by atoms with E-state index < -0.39 is 0 Å². The van der Waals surface area contributed by atoms with Crippen molar-refractivity contribution in [2.45, 2.75) is 38.8 Å². The maximum absolute atomic E-state index is 12.4. The predicted octanol–water partition coefficient (Wildman–Crippen LogP) is 3.69. The van der Waals surface area contributed by atoms with Gasteiger partial charge in [-0.05, 0) is 43.9 Å². The van der Waals surface area contributed by atoms with Crippen LogP contribution in [0.5, 0.6) is 0 Å². The van der Waals surface area contributed by atoms with Gasteiger partial charge in [0.25, 0.3) is 5.91 Å². The number of carbonyl (C=O) groups is 1. The summed E-state index contributed by atoms with van der Waals surface area (Å²) < 4.78 is 7.07. The molecule has 0 fully saturated rings.